The van der Waals surface area contributed by atoms with Crippen LogP contribution < -0.4 is 5.32 Å². The molecule has 1 aromatic heterocycles. The van der Waals surface area contributed by atoms with Gasteiger partial charge >= 0.3 is 5.97 Å². The van der Waals surface area contributed by atoms with Gasteiger partial charge in [0.2, 0.25) is 0 Å². The zero-order valence-electron chi connectivity index (χ0n) is 10.6. The van der Waals surface area contributed by atoms with Gasteiger partial charge in [0.05, 0.1) is 10.2 Å². The number of aliphatic carboxylic acids is 1. The fraction of sp³-hybridized carbons (Fsp3) is 0.667. The van der Waals surface area contributed by atoms with Gasteiger partial charge in [-0.25, -0.2) is 0 Å². The maximum absolute atomic E-state index is 11.1. The Bertz CT molecular complexity index is 454. The topological polar surface area (TPSA) is 67.2 Å². The van der Waals surface area contributed by atoms with E-state index in [1.807, 2.05) is 18.5 Å². The van der Waals surface area contributed by atoms with Crippen LogP contribution in [0.4, 0.5) is 0 Å². The second-order valence-corrected chi connectivity index (χ2v) is 5.62. The summed E-state index contributed by atoms with van der Waals surface area (Å²) in [4.78, 5) is 11.1. The van der Waals surface area contributed by atoms with Crippen molar-refractivity contribution in [2.45, 2.75) is 51.7 Å². The van der Waals surface area contributed by atoms with Gasteiger partial charge in [-0.05, 0) is 49.0 Å². The van der Waals surface area contributed by atoms with E-state index in [2.05, 4.69) is 26.3 Å². The molecule has 1 aliphatic rings. The van der Waals surface area contributed by atoms with E-state index in [1.165, 1.54) is 0 Å². The molecule has 1 saturated carbocycles. The minimum atomic E-state index is -0.775. The normalized spacial score (nSPS) is 16.8. The molecule has 6 heteroatoms. The molecule has 2 rings (SSSR count). The number of aromatic nitrogens is 2. The van der Waals surface area contributed by atoms with Crippen molar-refractivity contribution in [3.05, 3.63) is 15.9 Å². The van der Waals surface area contributed by atoms with Gasteiger partial charge in [0, 0.05) is 18.3 Å². The van der Waals surface area contributed by atoms with E-state index < -0.39 is 12.0 Å². The van der Waals surface area contributed by atoms with Crippen LogP contribution in [0.15, 0.2) is 4.47 Å². The smallest absolute Gasteiger partial charge is 0.320 e. The summed E-state index contributed by atoms with van der Waals surface area (Å²) < 4.78 is 2.87. The number of nitrogens with one attached hydrogen (secondary N) is 1. The fourth-order valence-corrected chi connectivity index (χ4v) is 2.24. The van der Waals surface area contributed by atoms with Gasteiger partial charge in [-0.2, -0.15) is 5.10 Å². The molecule has 0 amide bonds. The largest absolute Gasteiger partial charge is 0.480 e. The number of aryl methyl sites for hydroxylation is 2. The molecule has 1 aromatic rings. The standard InChI is InChI=1S/C12H18BrN3O2/c1-7-11(13)8(2)16(15-7)6-5-10(12(17)18)14-9-3-4-9/h9-10,14H,3-6H2,1-2H3,(H,17,18). The third kappa shape index (κ3) is 3.11. The van der Waals surface area contributed by atoms with Crippen molar-refractivity contribution in [2.75, 3.05) is 0 Å². The number of carboxylic acid groups (broad SMARTS) is 1. The lowest BCUT2D eigenvalue weighted by Crippen LogP contribution is -2.39. The molecule has 5 nitrogen and oxygen atoms in total. The Morgan fingerprint density at radius 1 is 1.61 bits per heavy atom. The van der Waals surface area contributed by atoms with E-state index in [0.717, 1.165) is 28.7 Å². The second kappa shape index (κ2) is 5.40. The van der Waals surface area contributed by atoms with Gasteiger partial charge in [-0.3, -0.25) is 9.48 Å². The van der Waals surface area contributed by atoms with Crippen molar-refractivity contribution >= 4 is 21.9 Å². The van der Waals surface area contributed by atoms with E-state index in [9.17, 15) is 4.79 Å². The number of carboxylic acids is 1. The monoisotopic (exact) mass is 315 g/mol. The Balaban J connectivity index is 1.95. The van der Waals surface area contributed by atoms with Crippen LogP contribution in [0.25, 0.3) is 0 Å². The fourth-order valence-electron chi connectivity index (χ4n) is 1.96. The number of nitrogens with zero attached hydrogens (tertiary/aromatic N) is 2. The van der Waals surface area contributed by atoms with Crippen LogP contribution in [0.3, 0.4) is 0 Å². The van der Waals surface area contributed by atoms with Crippen molar-refractivity contribution in [3.8, 4) is 0 Å². The average Bonchev–Trinajstić information content (AvgIpc) is 3.09. The molecule has 0 saturated heterocycles. The summed E-state index contributed by atoms with van der Waals surface area (Å²) in [5, 5.41) is 16.7. The molecule has 1 aliphatic carbocycles. The summed E-state index contributed by atoms with van der Waals surface area (Å²) in [6.07, 6.45) is 2.74. The molecule has 1 fully saturated rings. The van der Waals surface area contributed by atoms with Crippen molar-refractivity contribution in [1.29, 1.82) is 0 Å². The van der Waals surface area contributed by atoms with Gasteiger partial charge in [0.15, 0.2) is 0 Å². The highest BCUT2D eigenvalue weighted by molar-refractivity contribution is 9.10. The molecule has 1 atom stereocenters. The lowest BCUT2D eigenvalue weighted by molar-refractivity contribution is -0.139. The molecule has 2 N–H and O–H groups in total. The van der Waals surface area contributed by atoms with Gasteiger partial charge < -0.3 is 10.4 Å². The van der Waals surface area contributed by atoms with Crippen molar-refractivity contribution < 1.29 is 9.90 Å². The Kier molecular flexibility index (Phi) is 4.07. The van der Waals surface area contributed by atoms with E-state index in [0.29, 0.717) is 19.0 Å². The summed E-state index contributed by atoms with van der Waals surface area (Å²) in [6.45, 7) is 4.54. The van der Waals surface area contributed by atoms with Gasteiger partial charge in [-0.15, -0.1) is 0 Å². The molecule has 0 aliphatic heterocycles. The summed E-state index contributed by atoms with van der Waals surface area (Å²) in [5.74, 6) is -0.775. The highest BCUT2D eigenvalue weighted by atomic mass is 79.9. The summed E-state index contributed by atoms with van der Waals surface area (Å²) in [7, 11) is 0. The van der Waals surface area contributed by atoms with Gasteiger partial charge in [-0.1, -0.05) is 0 Å². The Hall–Kier alpha value is -0.880. The summed E-state index contributed by atoms with van der Waals surface area (Å²) >= 11 is 3.47. The van der Waals surface area contributed by atoms with Crippen LogP contribution in [-0.2, 0) is 11.3 Å². The summed E-state index contributed by atoms with van der Waals surface area (Å²) in [6, 6.07) is -0.0709. The molecule has 0 spiro atoms. The first-order valence-electron chi connectivity index (χ1n) is 6.17. The summed E-state index contributed by atoms with van der Waals surface area (Å²) in [5.41, 5.74) is 1.98. The number of hydrogen-bond acceptors (Lipinski definition) is 3. The first kappa shape index (κ1) is 13.5. The van der Waals surface area contributed by atoms with E-state index >= 15 is 0 Å². The third-order valence-electron chi connectivity index (χ3n) is 3.24. The zero-order chi connectivity index (χ0) is 13.3. The first-order chi connectivity index (χ1) is 8.49. The Morgan fingerprint density at radius 3 is 2.72 bits per heavy atom. The lowest BCUT2D eigenvalue weighted by Gasteiger charge is -2.14. The first-order valence-corrected chi connectivity index (χ1v) is 6.96. The van der Waals surface area contributed by atoms with Crippen molar-refractivity contribution in [1.82, 2.24) is 15.1 Å². The lowest BCUT2D eigenvalue weighted by atomic mass is 10.2. The Labute approximate surface area is 115 Å². The highest BCUT2D eigenvalue weighted by Gasteiger charge is 2.28. The number of hydrogen-bond donors (Lipinski definition) is 2. The van der Waals surface area contributed by atoms with Crippen LogP contribution in [-0.4, -0.2) is 32.9 Å². The minimum absolute atomic E-state index is 0.401. The molecule has 100 valence electrons. The van der Waals surface area contributed by atoms with Crippen LogP contribution in [0.2, 0.25) is 0 Å². The van der Waals surface area contributed by atoms with Crippen molar-refractivity contribution in [2.24, 2.45) is 0 Å². The maximum Gasteiger partial charge on any atom is 0.320 e. The molecule has 0 radical (unpaired) electrons. The molecule has 1 unspecified atom stereocenters. The molecular weight excluding hydrogens is 298 g/mol. The van der Waals surface area contributed by atoms with E-state index in [-0.39, 0.29) is 0 Å². The number of carbonyl (C=O) groups is 1. The molecule has 18 heavy (non-hydrogen) atoms. The number of rotatable bonds is 6. The van der Waals surface area contributed by atoms with Crippen LogP contribution in [0, 0.1) is 13.8 Å². The second-order valence-electron chi connectivity index (χ2n) is 4.83. The van der Waals surface area contributed by atoms with Crippen LogP contribution in [0.5, 0.6) is 0 Å². The Morgan fingerprint density at radius 2 is 2.28 bits per heavy atom. The van der Waals surface area contributed by atoms with Crippen LogP contribution >= 0.6 is 15.9 Å². The van der Waals surface area contributed by atoms with Crippen molar-refractivity contribution in [3.63, 3.8) is 0 Å². The third-order valence-corrected chi connectivity index (χ3v) is 4.38. The van der Waals surface area contributed by atoms with Crippen LogP contribution in [0.1, 0.15) is 30.7 Å². The van der Waals surface area contributed by atoms with E-state index in [4.69, 9.17) is 5.11 Å². The maximum atomic E-state index is 11.1. The predicted molar refractivity (Wildman–Crippen MR) is 71.6 cm³/mol. The zero-order valence-corrected chi connectivity index (χ0v) is 12.2. The highest BCUT2D eigenvalue weighted by Crippen LogP contribution is 2.22. The minimum Gasteiger partial charge on any atom is -0.480 e. The predicted octanol–water partition coefficient (Wildman–Crippen LogP) is 1.86. The SMILES string of the molecule is Cc1nn(CCC(NC2CC2)C(=O)O)c(C)c1Br. The molecule has 1 heterocycles. The molecule has 0 bridgehead atoms. The quantitative estimate of drug-likeness (QED) is 0.841. The number of halogens is 1. The molecule has 0 aromatic carbocycles. The van der Waals surface area contributed by atoms with Gasteiger partial charge in [0.1, 0.15) is 6.04 Å². The molecular formula is C12H18BrN3O2. The average molecular weight is 316 g/mol. The van der Waals surface area contributed by atoms with E-state index in [1.54, 1.807) is 0 Å². The van der Waals surface area contributed by atoms with Gasteiger partial charge in [0.25, 0.3) is 0 Å².